The molecule has 0 saturated carbocycles. The molecule has 0 unspecified atom stereocenters. The van der Waals surface area contributed by atoms with Gasteiger partial charge in [-0.15, -0.1) is 0 Å². The van der Waals surface area contributed by atoms with Crippen molar-refractivity contribution in [3.63, 3.8) is 0 Å². The fraction of sp³-hybridized carbons (Fsp3) is 0.188. The van der Waals surface area contributed by atoms with Gasteiger partial charge in [-0.2, -0.15) is 0 Å². The lowest BCUT2D eigenvalue weighted by molar-refractivity contribution is -0.117. The maximum Gasteiger partial charge on any atom is 0.143 e. The van der Waals surface area contributed by atoms with Gasteiger partial charge in [0.25, 0.3) is 0 Å². The van der Waals surface area contributed by atoms with E-state index >= 15 is 0 Å². The highest BCUT2D eigenvalue weighted by Gasteiger charge is 2.18. The van der Waals surface area contributed by atoms with Crippen LogP contribution >= 0.6 is 0 Å². The van der Waals surface area contributed by atoms with Crippen molar-refractivity contribution in [1.29, 1.82) is 0 Å². The molecule has 0 fully saturated rings. The molecule has 0 saturated heterocycles. The van der Waals surface area contributed by atoms with Crippen molar-refractivity contribution in [3.05, 3.63) is 59.2 Å². The minimum atomic E-state index is -0.338. The number of halogens is 1. The van der Waals surface area contributed by atoms with Gasteiger partial charge >= 0.3 is 0 Å². The topological polar surface area (TPSA) is 42.3 Å². The van der Waals surface area contributed by atoms with Crippen LogP contribution in [0.1, 0.15) is 23.2 Å². The number of carbonyl (C=O) groups excluding carboxylic acids is 1. The fourth-order valence-electron chi connectivity index (χ4n) is 2.34. The number of aromatic nitrogens is 1. The molecule has 0 N–H and O–H groups in total. The molecule has 0 aliphatic carbocycles. The first kappa shape index (κ1) is 12.7. The second-order valence-corrected chi connectivity index (χ2v) is 4.91. The third-order valence-electron chi connectivity index (χ3n) is 3.28. The van der Waals surface area contributed by atoms with Crippen LogP contribution in [0.15, 0.2) is 41.5 Å². The molecule has 20 heavy (non-hydrogen) atoms. The second kappa shape index (κ2) is 4.96. The molecule has 0 bridgehead atoms. The summed E-state index contributed by atoms with van der Waals surface area (Å²) in [5.74, 6) is -0.294. The summed E-state index contributed by atoms with van der Waals surface area (Å²) in [7, 11) is 0. The molecule has 2 aromatic rings. The van der Waals surface area contributed by atoms with E-state index in [1.165, 1.54) is 12.1 Å². The molecule has 0 atom stereocenters. The summed E-state index contributed by atoms with van der Waals surface area (Å²) < 4.78 is 13.3. The van der Waals surface area contributed by atoms with Gasteiger partial charge in [-0.25, -0.2) is 4.39 Å². The van der Waals surface area contributed by atoms with Crippen LogP contribution in [0.5, 0.6) is 0 Å². The van der Waals surface area contributed by atoms with E-state index < -0.39 is 0 Å². The molecular formula is C16H13FN2O. The Labute approximate surface area is 116 Å². The summed E-state index contributed by atoms with van der Waals surface area (Å²) >= 11 is 0. The Kier molecular flexibility index (Phi) is 3.14. The number of aryl methyl sites for hydroxylation is 1. The molecule has 2 heterocycles. The lowest BCUT2D eigenvalue weighted by Crippen LogP contribution is -2.09. The van der Waals surface area contributed by atoms with Crippen molar-refractivity contribution in [3.8, 4) is 0 Å². The highest BCUT2D eigenvalue weighted by molar-refractivity contribution is 6.13. The Morgan fingerprint density at radius 1 is 1.15 bits per heavy atom. The Morgan fingerprint density at radius 3 is 2.80 bits per heavy atom. The number of fused-ring (bicyclic) bond motifs is 1. The van der Waals surface area contributed by atoms with Crippen LogP contribution in [0.2, 0.25) is 0 Å². The number of Topliss-reactive ketones (excluding diaryl/α,β-unsaturated/α-hetero) is 1. The molecule has 0 amide bonds. The highest BCUT2D eigenvalue weighted by Crippen LogP contribution is 2.26. The zero-order chi connectivity index (χ0) is 14.1. The predicted octanol–water partition coefficient (Wildman–Crippen LogP) is 3.17. The molecule has 4 heteroatoms. The van der Waals surface area contributed by atoms with E-state index in [4.69, 9.17) is 0 Å². The van der Waals surface area contributed by atoms with Crippen LogP contribution in [0.3, 0.4) is 0 Å². The van der Waals surface area contributed by atoms with Gasteiger partial charge < -0.3 is 0 Å². The maximum atomic E-state index is 13.3. The Morgan fingerprint density at radius 2 is 2.00 bits per heavy atom. The number of carbonyl (C=O) groups is 1. The molecular weight excluding hydrogens is 255 g/mol. The van der Waals surface area contributed by atoms with Gasteiger partial charge in [0.1, 0.15) is 11.6 Å². The standard InChI is InChI=1S/C16H13FN2O/c1-10-6-11(4-5-18-10)16-9-14(20)8-12-7-13(17)2-3-15(12)19-16/h2-7H,8-9H2,1H3. The number of benzene rings is 1. The number of pyridine rings is 1. The number of ketones is 1. The second-order valence-electron chi connectivity index (χ2n) is 4.91. The predicted molar refractivity (Wildman–Crippen MR) is 74.9 cm³/mol. The van der Waals surface area contributed by atoms with Crippen LogP contribution in [0.25, 0.3) is 0 Å². The molecule has 1 aromatic heterocycles. The molecule has 1 aromatic carbocycles. The summed E-state index contributed by atoms with van der Waals surface area (Å²) in [5.41, 5.74) is 3.80. The van der Waals surface area contributed by atoms with Crippen molar-refractivity contribution in [2.75, 3.05) is 0 Å². The number of hydrogen-bond donors (Lipinski definition) is 0. The van der Waals surface area contributed by atoms with E-state index in [9.17, 15) is 9.18 Å². The van der Waals surface area contributed by atoms with Crippen molar-refractivity contribution in [2.45, 2.75) is 19.8 Å². The zero-order valence-electron chi connectivity index (χ0n) is 11.1. The highest BCUT2D eigenvalue weighted by atomic mass is 19.1. The summed E-state index contributed by atoms with van der Waals surface area (Å²) in [6.45, 7) is 1.89. The average molecular weight is 268 g/mol. The molecule has 0 spiro atoms. The van der Waals surface area contributed by atoms with Crippen molar-refractivity contribution in [2.24, 2.45) is 4.99 Å². The number of nitrogens with zero attached hydrogens (tertiary/aromatic N) is 2. The molecule has 100 valence electrons. The SMILES string of the molecule is Cc1cc(C2=Nc3ccc(F)cc3CC(=O)C2)ccn1. The first-order chi connectivity index (χ1) is 9.61. The largest absolute Gasteiger partial charge is 0.299 e. The average Bonchev–Trinajstić information content (AvgIpc) is 2.56. The molecule has 1 aliphatic rings. The summed E-state index contributed by atoms with van der Waals surface area (Å²) in [4.78, 5) is 20.7. The van der Waals surface area contributed by atoms with Gasteiger partial charge in [0.15, 0.2) is 0 Å². The van der Waals surface area contributed by atoms with Gasteiger partial charge in [-0.05, 0) is 48.4 Å². The van der Waals surface area contributed by atoms with Crippen LogP contribution in [-0.4, -0.2) is 16.5 Å². The minimum Gasteiger partial charge on any atom is -0.299 e. The molecule has 3 nitrogen and oxygen atoms in total. The third-order valence-corrected chi connectivity index (χ3v) is 3.28. The molecule has 1 aliphatic heterocycles. The van der Waals surface area contributed by atoms with Gasteiger partial charge in [-0.3, -0.25) is 14.8 Å². The van der Waals surface area contributed by atoms with E-state index in [2.05, 4.69) is 9.98 Å². The Balaban J connectivity index is 2.11. The van der Waals surface area contributed by atoms with E-state index in [-0.39, 0.29) is 24.4 Å². The lowest BCUT2D eigenvalue weighted by atomic mass is 10.0. The summed E-state index contributed by atoms with van der Waals surface area (Å²) in [6.07, 6.45) is 2.19. The minimum absolute atomic E-state index is 0.0440. The monoisotopic (exact) mass is 268 g/mol. The Hall–Kier alpha value is -2.36. The van der Waals surface area contributed by atoms with E-state index in [0.29, 0.717) is 17.0 Å². The molecule has 3 rings (SSSR count). The van der Waals surface area contributed by atoms with Crippen LogP contribution in [-0.2, 0) is 11.2 Å². The van der Waals surface area contributed by atoms with Crippen LogP contribution in [0, 0.1) is 12.7 Å². The zero-order valence-corrected chi connectivity index (χ0v) is 11.1. The quantitative estimate of drug-likeness (QED) is 0.797. The van der Waals surface area contributed by atoms with Gasteiger partial charge in [0.2, 0.25) is 0 Å². The van der Waals surface area contributed by atoms with Gasteiger partial charge in [0.05, 0.1) is 11.4 Å². The fourth-order valence-corrected chi connectivity index (χ4v) is 2.34. The first-order valence-corrected chi connectivity index (χ1v) is 6.42. The van der Waals surface area contributed by atoms with E-state index in [0.717, 1.165) is 11.3 Å². The van der Waals surface area contributed by atoms with Gasteiger partial charge in [-0.1, -0.05) is 0 Å². The summed E-state index contributed by atoms with van der Waals surface area (Å²) in [5, 5.41) is 0. The van der Waals surface area contributed by atoms with Crippen LogP contribution in [0.4, 0.5) is 10.1 Å². The van der Waals surface area contributed by atoms with Crippen molar-refractivity contribution < 1.29 is 9.18 Å². The molecule has 0 radical (unpaired) electrons. The van der Waals surface area contributed by atoms with Gasteiger partial charge in [0, 0.05) is 24.7 Å². The summed E-state index contributed by atoms with van der Waals surface area (Å²) in [6, 6.07) is 8.12. The van der Waals surface area contributed by atoms with Crippen molar-refractivity contribution in [1.82, 2.24) is 4.98 Å². The maximum absolute atomic E-state index is 13.3. The third kappa shape index (κ3) is 2.50. The first-order valence-electron chi connectivity index (χ1n) is 6.42. The van der Waals surface area contributed by atoms with E-state index in [1.54, 1.807) is 12.3 Å². The number of hydrogen-bond acceptors (Lipinski definition) is 3. The van der Waals surface area contributed by atoms with E-state index in [1.807, 2.05) is 19.1 Å². The lowest BCUT2D eigenvalue weighted by Gasteiger charge is -2.04. The Bertz CT molecular complexity index is 722. The van der Waals surface area contributed by atoms with Crippen LogP contribution < -0.4 is 0 Å². The van der Waals surface area contributed by atoms with Crippen molar-refractivity contribution >= 4 is 17.2 Å². The number of aliphatic imine (C=N–C) groups is 1. The number of rotatable bonds is 1. The normalized spacial score (nSPS) is 14.5. The smallest absolute Gasteiger partial charge is 0.143 e.